The Hall–Kier alpha value is -1.26. The molecule has 6 heteroatoms. The van der Waals surface area contributed by atoms with Crippen LogP contribution in [0.2, 0.25) is 10.0 Å². The van der Waals surface area contributed by atoms with Gasteiger partial charge in [-0.1, -0.05) is 49.4 Å². The number of amides is 1. The molecule has 0 aliphatic carbocycles. The zero-order chi connectivity index (χ0) is 17.2. The quantitative estimate of drug-likeness (QED) is 0.478. The molecule has 1 aromatic carbocycles. The molecule has 0 N–H and O–H groups in total. The van der Waals surface area contributed by atoms with Gasteiger partial charge in [-0.2, -0.15) is 0 Å². The minimum Gasteiger partial charge on any atom is -0.469 e. The normalized spacial score (nSPS) is 10.4. The van der Waals surface area contributed by atoms with Crippen molar-refractivity contribution < 1.29 is 14.3 Å². The third kappa shape index (κ3) is 6.80. The van der Waals surface area contributed by atoms with E-state index in [1.165, 1.54) is 7.11 Å². The maximum atomic E-state index is 12.6. The second-order valence-electron chi connectivity index (χ2n) is 5.31. The summed E-state index contributed by atoms with van der Waals surface area (Å²) in [6.45, 7) is 3.07. The lowest BCUT2D eigenvalue weighted by Crippen LogP contribution is -2.34. The Labute approximate surface area is 147 Å². The Bertz CT molecular complexity index is 535. The maximum absolute atomic E-state index is 12.6. The van der Waals surface area contributed by atoms with Gasteiger partial charge in [-0.25, -0.2) is 0 Å². The predicted octanol–water partition coefficient (Wildman–Crippen LogP) is 4.58. The average Bonchev–Trinajstić information content (AvgIpc) is 2.55. The highest BCUT2D eigenvalue weighted by Crippen LogP contribution is 2.23. The van der Waals surface area contributed by atoms with Crippen LogP contribution in [0.4, 0.5) is 0 Å². The fourth-order valence-electron chi connectivity index (χ4n) is 2.18. The maximum Gasteiger partial charge on any atom is 0.307 e. The van der Waals surface area contributed by atoms with Gasteiger partial charge in [0.2, 0.25) is 0 Å². The summed E-state index contributed by atoms with van der Waals surface area (Å²) in [6.07, 6.45) is 4.40. The summed E-state index contributed by atoms with van der Waals surface area (Å²) in [5.74, 6) is -0.477. The van der Waals surface area contributed by atoms with Gasteiger partial charge < -0.3 is 9.64 Å². The molecule has 0 spiro atoms. The van der Waals surface area contributed by atoms with Gasteiger partial charge in [-0.3, -0.25) is 9.59 Å². The van der Waals surface area contributed by atoms with Crippen molar-refractivity contribution in [3.05, 3.63) is 33.8 Å². The number of unbranched alkanes of at least 4 members (excludes halogenated alkanes) is 3. The lowest BCUT2D eigenvalue weighted by Gasteiger charge is -2.22. The molecule has 0 unspecified atom stereocenters. The molecule has 0 heterocycles. The molecule has 23 heavy (non-hydrogen) atoms. The number of hydrogen-bond acceptors (Lipinski definition) is 3. The highest BCUT2D eigenvalue weighted by Gasteiger charge is 2.17. The van der Waals surface area contributed by atoms with Gasteiger partial charge in [0, 0.05) is 18.7 Å². The van der Waals surface area contributed by atoms with Crippen LogP contribution in [0.25, 0.3) is 0 Å². The molecule has 0 atom stereocenters. The number of halogens is 2. The van der Waals surface area contributed by atoms with Crippen molar-refractivity contribution in [3.63, 3.8) is 0 Å². The van der Waals surface area contributed by atoms with Crippen LogP contribution in [-0.2, 0) is 9.53 Å². The van der Waals surface area contributed by atoms with Gasteiger partial charge >= 0.3 is 5.97 Å². The third-order valence-electron chi connectivity index (χ3n) is 3.55. The molecule has 0 saturated carbocycles. The largest absolute Gasteiger partial charge is 0.469 e. The van der Waals surface area contributed by atoms with Crippen LogP contribution in [0, 0.1) is 0 Å². The smallest absolute Gasteiger partial charge is 0.307 e. The first-order valence-electron chi connectivity index (χ1n) is 7.80. The SMILES string of the molecule is CCCCCCN(CCC(=O)OC)C(=O)c1ccc(Cl)c(Cl)c1. The monoisotopic (exact) mass is 359 g/mol. The highest BCUT2D eigenvalue weighted by molar-refractivity contribution is 6.42. The molecule has 1 aromatic rings. The van der Waals surface area contributed by atoms with E-state index in [2.05, 4.69) is 11.7 Å². The second kappa shape index (κ2) is 10.5. The van der Waals surface area contributed by atoms with Crippen LogP contribution < -0.4 is 0 Å². The molecule has 0 aliphatic heterocycles. The first kappa shape index (κ1) is 19.8. The summed E-state index contributed by atoms with van der Waals surface area (Å²) in [4.78, 5) is 25.7. The Morgan fingerprint density at radius 2 is 1.83 bits per heavy atom. The van der Waals surface area contributed by atoms with Gasteiger partial charge in [0.1, 0.15) is 0 Å². The van der Waals surface area contributed by atoms with E-state index in [0.717, 1.165) is 25.7 Å². The zero-order valence-electron chi connectivity index (χ0n) is 13.6. The van der Waals surface area contributed by atoms with Crippen molar-refractivity contribution in [2.75, 3.05) is 20.2 Å². The number of benzene rings is 1. The van der Waals surface area contributed by atoms with Crippen molar-refractivity contribution >= 4 is 35.1 Å². The van der Waals surface area contributed by atoms with Gasteiger partial charge in [0.25, 0.3) is 5.91 Å². The van der Waals surface area contributed by atoms with E-state index in [0.29, 0.717) is 28.7 Å². The van der Waals surface area contributed by atoms with Crippen LogP contribution in [-0.4, -0.2) is 37.0 Å². The van der Waals surface area contributed by atoms with Gasteiger partial charge in [0.15, 0.2) is 0 Å². The van der Waals surface area contributed by atoms with Crippen LogP contribution in [0.1, 0.15) is 49.4 Å². The van der Waals surface area contributed by atoms with E-state index < -0.39 is 0 Å². The average molecular weight is 360 g/mol. The standard InChI is InChI=1S/C17H23Cl2NO3/c1-3-4-5-6-10-20(11-9-16(21)23-2)17(22)13-7-8-14(18)15(19)12-13/h7-8,12H,3-6,9-11H2,1-2H3. The minimum absolute atomic E-state index is 0.149. The minimum atomic E-state index is -0.328. The number of carbonyl (C=O) groups excluding carboxylic acids is 2. The summed E-state index contributed by atoms with van der Waals surface area (Å²) in [5, 5.41) is 0.753. The summed E-state index contributed by atoms with van der Waals surface area (Å²) in [7, 11) is 1.34. The number of ether oxygens (including phenoxy) is 1. The highest BCUT2D eigenvalue weighted by atomic mass is 35.5. The Balaban J connectivity index is 2.76. The summed E-state index contributed by atoms with van der Waals surface area (Å²) >= 11 is 11.9. The predicted molar refractivity (Wildman–Crippen MR) is 93.1 cm³/mol. The van der Waals surface area contributed by atoms with Gasteiger partial charge in [0.05, 0.1) is 23.6 Å². The molecule has 1 rings (SSSR count). The van der Waals surface area contributed by atoms with Crippen molar-refractivity contribution in [1.82, 2.24) is 4.90 Å². The Morgan fingerprint density at radius 3 is 2.43 bits per heavy atom. The summed E-state index contributed by atoms with van der Waals surface area (Å²) in [5.41, 5.74) is 0.472. The Morgan fingerprint density at radius 1 is 1.09 bits per heavy atom. The van der Waals surface area contributed by atoms with Crippen molar-refractivity contribution in [2.24, 2.45) is 0 Å². The zero-order valence-corrected chi connectivity index (χ0v) is 15.1. The summed E-state index contributed by atoms with van der Waals surface area (Å²) < 4.78 is 4.65. The molecular formula is C17H23Cl2NO3. The molecular weight excluding hydrogens is 337 g/mol. The number of methoxy groups -OCH3 is 1. The van der Waals surface area contributed by atoms with Crippen LogP contribution in [0.15, 0.2) is 18.2 Å². The van der Waals surface area contributed by atoms with Crippen molar-refractivity contribution in [3.8, 4) is 0 Å². The number of rotatable bonds is 9. The number of hydrogen-bond donors (Lipinski definition) is 0. The fourth-order valence-corrected chi connectivity index (χ4v) is 2.48. The van der Waals surface area contributed by atoms with Crippen LogP contribution in [0.5, 0.6) is 0 Å². The van der Waals surface area contributed by atoms with Crippen LogP contribution in [0.3, 0.4) is 0 Å². The van der Waals surface area contributed by atoms with Gasteiger partial charge in [-0.05, 0) is 24.6 Å². The first-order chi connectivity index (χ1) is 11.0. The fraction of sp³-hybridized carbons (Fsp3) is 0.529. The second-order valence-corrected chi connectivity index (χ2v) is 6.12. The van der Waals surface area contributed by atoms with Crippen LogP contribution >= 0.6 is 23.2 Å². The Kier molecular flexibility index (Phi) is 9.03. The summed E-state index contributed by atoms with van der Waals surface area (Å²) in [6, 6.07) is 4.81. The van der Waals surface area contributed by atoms with E-state index in [-0.39, 0.29) is 18.3 Å². The van der Waals surface area contributed by atoms with Crippen molar-refractivity contribution in [2.45, 2.75) is 39.0 Å². The van der Waals surface area contributed by atoms with E-state index in [9.17, 15) is 9.59 Å². The number of carbonyl (C=O) groups is 2. The molecule has 0 radical (unpaired) electrons. The molecule has 0 saturated heterocycles. The third-order valence-corrected chi connectivity index (χ3v) is 4.29. The topological polar surface area (TPSA) is 46.6 Å². The lowest BCUT2D eigenvalue weighted by atomic mass is 10.1. The molecule has 1 amide bonds. The number of esters is 1. The molecule has 4 nitrogen and oxygen atoms in total. The van der Waals surface area contributed by atoms with E-state index in [1.807, 2.05) is 0 Å². The van der Waals surface area contributed by atoms with E-state index in [1.54, 1.807) is 23.1 Å². The van der Waals surface area contributed by atoms with E-state index in [4.69, 9.17) is 23.2 Å². The van der Waals surface area contributed by atoms with Crippen molar-refractivity contribution in [1.29, 1.82) is 0 Å². The first-order valence-corrected chi connectivity index (χ1v) is 8.56. The molecule has 128 valence electrons. The molecule has 0 aliphatic rings. The van der Waals surface area contributed by atoms with E-state index >= 15 is 0 Å². The van der Waals surface area contributed by atoms with Gasteiger partial charge in [-0.15, -0.1) is 0 Å². The molecule has 0 fully saturated rings. The lowest BCUT2D eigenvalue weighted by molar-refractivity contribution is -0.140. The number of nitrogens with zero attached hydrogens (tertiary/aromatic N) is 1. The molecule has 0 aromatic heterocycles. The molecule has 0 bridgehead atoms.